The third kappa shape index (κ3) is 6.80. The predicted molar refractivity (Wildman–Crippen MR) is 132 cm³/mol. The molecule has 2 heterocycles. The molecule has 0 bridgehead atoms. The van der Waals surface area contributed by atoms with E-state index >= 15 is 4.39 Å². The zero-order valence-corrected chi connectivity index (χ0v) is 22.0. The highest BCUT2D eigenvalue weighted by molar-refractivity contribution is 8.09. The van der Waals surface area contributed by atoms with E-state index in [0.29, 0.717) is 10.3 Å². The Morgan fingerprint density at radius 2 is 2.00 bits per heavy atom. The number of aliphatic hydroxyl groups excluding tert-OH is 1. The van der Waals surface area contributed by atoms with E-state index < -0.39 is 60.1 Å². The van der Waals surface area contributed by atoms with E-state index in [1.54, 1.807) is 44.2 Å². The van der Waals surface area contributed by atoms with Crippen molar-refractivity contribution in [3.05, 3.63) is 63.4 Å². The number of nitrogens with zero attached hydrogens (tertiary/aromatic N) is 1. The highest BCUT2D eigenvalue weighted by Gasteiger charge is 2.58. The minimum atomic E-state index is -3.51. The zero-order valence-electron chi connectivity index (χ0n) is 19.5. The fourth-order valence-corrected chi connectivity index (χ4v) is 5.94. The lowest BCUT2D eigenvalue weighted by Crippen LogP contribution is -2.42. The first-order valence-corrected chi connectivity index (χ1v) is 13.8. The Hall–Kier alpha value is -2.12. The number of nitrogens with one attached hydrogen (secondary N) is 2. The van der Waals surface area contributed by atoms with Crippen LogP contribution in [0.2, 0.25) is 0 Å². The normalized spacial score (nSPS) is 26.4. The number of carbonyl (C=O) groups excluding carboxylic acids is 1. The summed E-state index contributed by atoms with van der Waals surface area (Å²) in [6.07, 6.45) is -4.50. The summed E-state index contributed by atoms with van der Waals surface area (Å²) in [4.78, 5) is 37.7. The fraction of sp³-hybridized carbons (Fsp3) is 0.476. The van der Waals surface area contributed by atoms with Crippen molar-refractivity contribution in [3.8, 4) is 5.75 Å². The van der Waals surface area contributed by atoms with E-state index in [1.165, 1.54) is 6.92 Å². The SMILES string of the molecule is CC(C)OC(=O)[C@H](C)NP(=S)(OC[C@H]1O[C@@H](n2ccc(=O)[nH]c2=O)[C@](F)(Cl)[C@@H]1O)Oc1ccccc1. The molecular formula is C21H26ClFN3O8PS. The van der Waals surface area contributed by atoms with Gasteiger partial charge in [0.05, 0.1) is 12.7 Å². The maximum Gasteiger partial charge on any atom is 0.330 e. The number of aliphatic hydroxyl groups is 1. The third-order valence-corrected chi connectivity index (χ3v) is 7.83. The van der Waals surface area contributed by atoms with Gasteiger partial charge in [0.25, 0.3) is 10.7 Å². The second kappa shape index (κ2) is 11.5. The molecule has 0 radical (unpaired) electrons. The maximum atomic E-state index is 15.2. The van der Waals surface area contributed by atoms with Gasteiger partial charge in [0.2, 0.25) is 0 Å². The van der Waals surface area contributed by atoms with Gasteiger partial charge in [-0.3, -0.25) is 19.1 Å². The minimum Gasteiger partial charge on any atom is -0.462 e. The molecule has 0 saturated carbocycles. The van der Waals surface area contributed by atoms with Crippen LogP contribution in [0.1, 0.15) is 27.0 Å². The van der Waals surface area contributed by atoms with Crippen molar-refractivity contribution in [2.24, 2.45) is 0 Å². The summed E-state index contributed by atoms with van der Waals surface area (Å²) in [6.45, 7) is 0.859. The Morgan fingerprint density at radius 3 is 2.61 bits per heavy atom. The van der Waals surface area contributed by atoms with Crippen LogP contribution in [0.4, 0.5) is 4.39 Å². The largest absolute Gasteiger partial charge is 0.462 e. The summed E-state index contributed by atoms with van der Waals surface area (Å²) in [7, 11) is 0. The number of hydrogen-bond acceptors (Lipinski definition) is 9. The summed E-state index contributed by atoms with van der Waals surface area (Å²) in [5.74, 6) is -0.266. The predicted octanol–water partition coefficient (Wildman–Crippen LogP) is 1.95. The van der Waals surface area contributed by atoms with Gasteiger partial charge in [-0.1, -0.05) is 29.8 Å². The van der Waals surface area contributed by atoms with Crippen molar-refractivity contribution < 1.29 is 32.8 Å². The highest BCUT2D eigenvalue weighted by Crippen LogP contribution is 2.48. The monoisotopic (exact) mass is 565 g/mol. The topological polar surface area (TPSA) is 141 Å². The Bertz CT molecular complexity index is 1230. The number of alkyl halides is 2. The number of ether oxygens (including phenoxy) is 2. The molecule has 1 saturated heterocycles. The lowest BCUT2D eigenvalue weighted by molar-refractivity contribution is -0.149. The summed E-state index contributed by atoms with van der Waals surface area (Å²) >= 11 is 11.5. The second-order valence-corrected chi connectivity index (χ2v) is 11.9. The average Bonchev–Trinajstić information content (AvgIpc) is 3.01. The van der Waals surface area contributed by atoms with Gasteiger partial charge in [0, 0.05) is 12.3 Å². The summed E-state index contributed by atoms with van der Waals surface area (Å²) < 4.78 is 38.3. The number of aromatic amines is 1. The van der Waals surface area contributed by atoms with Gasteiger partial charge in [-0.25, -0.2) is 14.3 Å². The van der Waals surface area contributed by atoms with Gasteiger partial charge in [0.15, 0.2) is 6.23 Å². The zero-order chi connectivity index (χ0) is 26.7. The Labute approximate surface area is 215 Å². The van der Waals surface area contributed by atoms with Gasteiger partial charge < -0.3 is 23.6 Å². The van der Waals surface area contributed by atoms with Crippen molar-refractivity contribution in [1.29, 1.82) is 0 Å². The Morgan fingerprint density at radius 1 is 1.33 bits per heavy atom. The number of esters is 1. The van der Waals surface area contributed by atoms with Crippen molar-refractivity contribution in [3.63, 3.8) is 0 Å². The smallest absolute Gasteiger partial charge is 0.330 e. The fourth-order valence-electron chi connectivity index (χ4n) is 3.22. The molecule has 0 spiro atoms. The van der Waals surface area contributed by atoms with Crippen molar-refractivity contribution >= 4 is 36.0 Å². The van der Waals surface area contributed by atoms with E-state index in [0.717, 1.165) is 12.3 Å². The third-order valence-electron chi connectivity index (χ3n) is 4.92. The van der Waals surface area contributed by atoms with Crippen LogP contribution in [0.15, 0.2) is 52.2 Å². The lowest BCUT2D eigenvalue weighted by atomic mass is 10.1. The molecular weight excluding hydrogens is 540 g/mol. The number of rotatable bonds is 10. The Balaban J connectivity index is 1.80. The van der Waals surface area contributed by atoms with Crippen molar-refractivity contribution in [1.82, 2.24) is 14.6 Å². The van der Waals surface area contributed by atoms with Crippen LogP contribution < -0.4 is 20.9 Å². The number of hydrogen-bond donors (Lipinski definition) is 3. The molecule has 6 atom stereocenters. The van der Waals surface area contributed by atoms with Crippen LogP contribution >= 0.6 is 18.2 Å². The molecule has 1 aliphatic heterocycles. The molecule has 2 aromatic rings. The minimum absolute atomic E-state index is 0.334. The van der Waals surface area contributed by atoms with Crippen molar-refractivity contribution in [2.75, 3.05) is 6.61 Å². The van der Waals surface area contributed by atoms with Gasteiger partial charge in [-0.15, -0.1) is 0 Å². The van der Waals surface area contributed by atoms with Crippen molar-refractivity contribution in [2.45, 2.75) is 56.5 Å². The quantitative estimate of drug-likeness (QED) is 0.222. The first kappa shape index (κ1) is 28.5. The number of aromatic nitrogens is 2. The molecule has 15 heteroatoms. The molecule has 3 rings (SSSR count). The van der Waals surface area contributed by atoms with Crippen LogP contribution in [0.25, 0.3) is 0 Å². The molecule has 198 valence electrons. The number of carbonyl (C=O) groups is 1. The van der Waals surface area contributed by atoms with Gasteiger partial charge in [0.1, 0.15) is 24.0 Å². The van der Waals surface area contributed by atoms with E-state index in [2.05, 4.69) is 5.09 Å². The summed E-state index contributed by atoms with van der Waals surface area (Å²) in [5.41, 5.74) is -1.69. The molecule has 1 fully saturated rings. The molecule has 0 amide bonds. The van der Waals surface area contributed by atoms with Gasteiger partial charge in [-0.2, -0.15) is 0 Å². The number of benzene rings is 1. The Kier molecular flexibility index (Phi) is 9.10. The molecule has 3 N–H and O–H groups in total. The van der Waals surface area contributed by atoms with Gasteiger partial charge >= 0.3 is 18.3 Å². The average molecular weight is 566 g/mol. The maximum absolute atomic E-state index is 15.2. The van der Waals surface area contributed by atoms with E-state index in [1.807, 2.05) is 4.98 Å². The van der Waals surface area contributed by atoms with Crippen LogP contribution in [0.3, 0.4) is 0 Å². The lowest BCUT2D eigenvalue weighted by Gasteiger charge is -2.28. The molecule has 1 aromatic heterocycles. The summed E-state index contributed by atoms with van der Waals surface area (Å²) in [5, 5.41) is 10.4. The van der Waals surface area contributed by atoms with Crippen LogP contribution in [-0.2, 0) is 30.6 Å². The second-order valence-electron chi connectivity index (χ2n) is 8.20. The number of H-pyrrole nitrogens is 1. The number of halogens is 2. The molecule has 0 aliphatic carbocycles. The number of para-hydroxylation sites is 1. The van der Waals surface area contributed by atoms with Crippen LogP contribution in [-0.4, -0.2) is 56.7 Å². The molecule has 1 unspecified atom stereocenters. The molecule has 1 aromatic carbocycles. The highest BCUT2D eigenvalue weighted by atomic mass is 35.5. The summed E-state index contributed by atoms with van der Waals surface area (Å²) in [6, 6.07) is 8.44. The first-order chi connectivity index (χ1) is 16.8. The first-order valence-electron chi connectivity index (χ1n) is 10.8. The van der Waals surface area contributed by atoms with Gasteiger partial charge in [-0.05, 0) is 44.7 Å². The van der Waals surface area contributed by atoms with E-state index in [9.17, 15) is 19.5 Å². The molecule has 36 heavy (non-hydrogen) atoms. The standard InChI is InChI=1S/C21H26ClFN3O8PS/c1-12(2)32-18(29)13(3)25-35(36,34-14-7-5-4-6-8-14)31-11-15-17(28)21(22,23)19(33-15)26-10-9-16(27)24-20(26)30/h4-10,12-13,15,17,19,28H,11H2,1-3H3,(H,25,36)(H,24,27,30)/t13-,15+,17+,19+,21-,35?/m0/s1. The van der Waals surface area contributed by atoms with Crippen LogP contribution in [0, 0.1) is 0 Å². The van der Waals surface area contributed by atoms with E-state index in [4.69, 9.17) is 41.9 Å². The van der Waals surface area contributed by atoms with Crippen LogP contribution in [0.5, 0.6) is 5.75 Å². The van der Waals surface area contributed by atoms with E-state index in [-0.39, 0.29) is 6.10 Å². The molecule has 11 nitrogen and oxygen atoms in total. The molecule has 1 aliphatic rings.